The summed E-state index contributed by atoms with van der Waals surface area (Å²) < 4.78 is 31.8. The van der Waals surface area contributed by atoms with Crippen LogP contribution in [0.3, 0.4) is 0 Å². The lowest BCUT2D eigenvalue weighted by Gasteiger charge is -2.06. The number of thiophene rings is 1. The third-order valence-corrected chi connectivity index (χ3v) is 3.89. The molecular formula is C16H19F2NOS. The van der Waals surface area contributed by atoms with Gasteiger partial charge < -0.3 is 10.1 Å². The number of rotatable bonds is 7. The van der Waals surface area contributed by atoms with E-state index in [0.29, 0.717) is 5.92 Å². The predicted molar refractivity (Wildman–Crippen MR) is 81.6 cm³/mol. The minimum atomic E-state index is -0.549. The van der Waals surface area contributed by atoms with Crippen LogP contribution in [0.15, 0.2) is 30.3 Å². The van der Waals surface area contributed by atoms with E-state index >= 15 is 0 Å². The van der Waals surface area contributed by atoms with E-state index < -0.39 is 11.6 Å². The van der Waals surface area contributed by atoms with Crippen molar-refractivity contribution < 1.29 is 13.5 Å². The summed E-state index contributed by atoms with van der Waals surface area (Å²) >= 11 is 1.61. The van der Waals surface area contributed by atoms with Gasteiger partial charge in [0.25, 0.3) is 0 Å². The molecule has 1 aromatic heterocycles. The summed E-state index contributed by atoms with van der Waals surface area (Å²) in [5.74, 6) is -0.491. The highest BCUT2D eigenvalue weighted by molar-refractivity contribution is 7.11. The normalized spacial score (nSPS) is 11.1. The van der Waals surface area contributed by atoms with Crippen molar-refractivity contribution in [2.24, 2.45) is 5.92 Å². The molecule has 2 rings (SSSR count). The van der Waals surface area contributed by atoms with Crippen LogP contribution in [0.1, 0.15) is 23.6 Å². The van der Waals surface area contributed by atoms with Crippen molar-refractivity contribution >= 4 is 11.3 Å². The maximum absolute atomic E-state index is 13.4. The Bertz CT molecular complexity index is 583. The van der Waals surface area contributed by atoms with Gasteiger partial charge in [-0.3, -0.25) is 0 Å². The summed E-state index contributed by atoms with van der Waals surface area (Å²) in [5.41, 5.74) is 0. The molecule has 21 heavy (non-hydrogen) atoms. The molecule has 0 spiro atoms. The van der Waals surface area contributed by atoms with Gasteiger partial charge in [0.1, 0.15) is 12.4 Å². The molecule has 0 saturated heterocycles. The van der Waals surface area contributed by atoms with E-state index in [4.69, 9.17) is 4.74 Å². The minimum Gasteiger partial charge on any atom is -0.485 e. The molecule has 0 aliphatic carbocycles. The molecule has 0 unspecified atom stereocenters. The number of benzene rings is 1. The smallest absolute Gasteiger partial charge is 0.165 e. The molecule has 114 valence electrons. The Balaban J connectivity index is 1.86. The number of halogens is 2. The van der Waals surface area contributed by atoms with E-state index in [1.807, 2.05) is 12.1 Å². The topological polar surface area (TPSA) is 21.3 Å². The standard InChI is InChI=1S/C16H19F2NOS/c1-11(2)8-19-9-13-4-5-14(21-13)10-20-16-7-12(17)3-6-15(16)18/h3-7,11,19H,8-10H2,1-2H3. The molecular weight excluding hydrogens is 292 g/mol. The molecule has 2 aromatic rings. The molecule has 0 radical (unpaired) electrons. The van der Waals surface area contributed by atoms with Crippen LogP contribution in [0.25, 0.3) is 0 Å². The molecule has 1 aromatic carbocycles. The fourth-order valence-corrected chi connectivity index (χ4v) is 2.72. The molecule has 1 heterocycles. The molecule has 0 atom stereocenters. The molecule has 1 N–H and O–H groups in total. The van der Waals surface area contributed by atoms with Gasteiger partial charge in [-0.05, 0) is 36.7 Å². The minimum absolute atomic E-state index is 0.0529. The first-order valence-corrected chi connectivity index (χ1v) is 7.72. The molecule has 5 heteroatoms. The lowest BCUT2D eigenvalue weighted by Crippen LogP contribution is -2.18. The van der Waals surface area contributed by atoms with Crippen molar-refractivity contribution in [3.63, 3.8) is 0 Å². The summed E-state index contributed by atoms with van der Waals surface area (Å²) in [4.78, 5) is 2.19. The fraction of sp³-hybridized carbons (Fsp3) is 0.375. The zero-order valence-electron chi connectivity index (χ0n) is 12.2. The molecule has 0 aliphatic rings. The highest BCUT2D eigenvalue weighted by atomic mass is 32.1. The van der Waals surface area contributed by atoms with E-state index in [9.17, 15) is 8.78 Å². The summed E-state index contributed by atoms with van der Waals surface area (Å²) in [7, 11) is 0. The van der Waals surface area contributed by atoms with Crippen molar-refractivity contribution in [3.8, 4) is 5.75 Å². The maximum Gasteiger partial charge on any atom is 0.165 e. The summed E-state index contributed by atoms with van der Waals surface area (Å²) in [6.45, 7) is 6.35. The van der Waals surface area contributed by atoms with Crippen LogP contribution in [0.4, 0.5) is 8.78 Å². The van der Waals surface area contributed by atoms with Gasteiger partial charge in [0, 0.05) is 22.4 Å². The number of nitrogens with one attached hydrogen (secondary N) is 1. The molecule has 0 amide bonds. The molecule has 2 nitrogen and oxygen atoms in total. The van der Waals surface area contributed by atoms with Crippen molar-refractivity contribution in [3.05, 3.63) is 51.7 Å². The Kier molecular flexibility index (Phi) is 5.70. The van der Waals surface area contributed by atoms with Crippen molar-refractivity contribution in [1.82, 2.24) is 5.32 Å². The molecule has 0 saturated carbocycles. The molecule has 0 aliphatic heterocycles. The first-order chi connectivity index (χ1) is 10.0. The van der Waals surface area contributed by atoms with Gasteiger partial charge in [0.15, 0.2) is 11.6 Å². The maximum atomic E-state index is 13.4. The van der Waals surface area contributed by atoms with E-state index in [-0.39, 0.29) is 12.4 Å². The van der Waals surface area contributed by atoms with Gasteiger partial charge in [-0.25, -0.2) is 8.78 Å². The summed E-state index contributed by atoms with van der Waals surface area (Å²) in [5, 5.41) is 3.36. The van der Waals surface area contributed by atoms with Crippen LogP contribution in [0.2, 0.25) is 0 Å². The van der Waals surface area contributed by atoms with Crippen LogP contribution < -0.4 is 10.1 Å². The first-order valence-electron chi connectivity index (χ1n) is 6.90. The lowest BCUT2D eigenvalue weighted by atomic mass is 10.2. The highest BCUT2D eigenvalue weighted by Crippen LogP contribution is 2.22. The molecule has 0 bridgehead atoms. The Morgan fingerprint density at radius 3 is 2.67 bits per heavy atom. The van der Waals surface area contributed by atoms with E-state index in [1.54, 1.807) is 11.3 Å². The quantitative estimate of drug-likeness (QED) is 0.821. The Hall–Kier alpha value is -1.46. The van der Waals surface area contributed by atoms with Gasteiger partial charge in [0.05, 0.1) is 0 Å². The highest BCUT2D eigenvalue weighted by Gasteiger charge is 2.07. The van der Waals surface area contributed by atoms with Crippen LogP contribution in [0.5, 0.6) is 5.75 Å². The van der Waals surface area contributed by atoms with E-state index in [1.165, 1.54) is 4.88 Å². The van der Waals surface area contributed by atoms with Crippen molar-refractivity contribution in [1.29, 1.82) is 0 Å². The van der Waals surface area contributed by atoms with Gasteiger partial charge in [-0.1, -0.05) is 13.8 Å². The Morgan fingerprint density at radius 2 is 1.90 bits per heavy atom. The average Bonchev–Trinajstić information content (AvgIpc) is 2.87. The van der Waals surface area contributed by atoms with Crippen LogP contribution in [-0.4, -0.2) is 6.54 Å². The second kappa shape index (κ2) is 7.52. The molecule has 0 fully saturated rings. The second-order valence-electron chi connectivity index (χ2n) is 5.26. The summed E-state index contributed by atoms with van der Waals surface area (Å²) in [6, 6.07) is 7.19. The largest absolute Gasteiger partial charge is 0.485 e. The lowest BCUT2D eigenvalue weighted by molar-refractivity contribution is 0.291. The predicted octanol–water partition coefficient (Wildman–Crippen LogP) is 4.35. The first kappa shape index (κ1) is 15.9. The van der Waals surface area contributed by atoms with Crippen molar-refractivity contribution in [2.45, 2.75) is 27.0 Å². The number of hydrogen-bond acceptors (Lipinski definition) is 3. The third kappa shape index (κ3) is 5.10. The Morgan fingerprint density at radius 1 is 1.14 bits per heavy atom. The van der Waals surface area contributed by atoms with Crippen LogP contribution in [-0.2, 0) is 13.2 Å². The zero-order chi connectivity index (χ0) is 15.2. The van der Waals surface area contributed by atoms with E-state index in [2.05, 4.69) is 19.2 Å². The van der Waals surface area contributed by atoms with Gasteiger partial charge in [-0.15, -0.1) is 11.3 Å². The number of ether oxygens (including phenoxy) is 1. The third-order valence-electron chi connectivity index (χ3n) is 2.83. The van der Waals surface area contributed by atoms with Crippen LogP contribution >= 0.6 is 11.3 Å². The van der Waals surface area contributed by atoms with Gasteiger partial charge in [-0.2, -0.15) is 0 Å². The second-order valence-corrected chi connectivity index (χ2v) is 6.51. The van der Waals surface area contributed by atoms with Gasteiger partial charge >= 0.3 is 0 Å². The zero-order valence-corrected chi connectivity index (χ0v) is 13.0. The van der Waals surface area contributed by atoms with Crippen molar-refractivity contribution in [2.75, 3.05) is 6.54 Å². The average molecular weight is 311 g/mol. The SMILES string of the molecule is CC(C)CNCc1ccc(COc2cc(F)ccc2F)s1. The Labute approximate surface area is 127 Å². The fourth-order valence-electron chi connectivity index (χ4n) is 1.82. The monoisotopic (exact) mass is 311 g/mol. The van der Waals surface area contributed by atoms with E-state index in [0.717, 1.165) is 36.2 Å². The van der Waals surface area contributed by atoms with Gasteiger partial charge in [0.2, 0.25) is 0 Å². The summed E-state index contributed by atoms with van der Waals surface area (Å²) in [6.07, 6.45) is 0. The number of hydrogen-bond donors (Lipinski definition) is 1. The van der Waals surface area contributed by atoms with Crippen LogP contribution in [0, 0.1) is 17.6 Å².